The van der Waals surface area contributed by atoms with Crippen LogP contribution in [0.1, 0.15) is 30.7 Å². The highest BCUT2D eigenvalue weighted by Crippen LogP contribution is 2.25. The summed E-state index contributed by atoms with van der Waals surface area (Å²) < 4.78 is 21.1. The number of piperidine rings is 1. The first kappa shape index (κ1) is 21.5. The third kappa shape index (κ3) is 5.17. The molecule has 1 N–H and O–H groups in total. The molecule has 2 saturated heterocycles. The molecule has 7 heteroatoms. The van der Waals surface area contributed by atoms with Gasteiger partial charge >= 0.3 is 0 Å². The van der Waals surface area contributed by atoms with Gasteiger partial charge in [-0.05, 0) is 68.1 Å². The minimum absolute atomic E-state index is 0.208. The monoisotopic (exact) mass is 437 g/mol. The topological polar surface area (TPSA) is 55.2 Å². The molecule has 170 valence electrons. The average molecular weight is 438 g/mol. The van der Waals surface area contributed by atoms with Crippen LogP contribution >= 0.6 is 0 Å². The molecule has 6 nitrogen and oxygen atoms in total. The number of hydrogen-bond acceptors (Lipinski definition) is 5. The molecule has 0 aliphatic carbocycles. The maximum absolute atomic E-state index is 13.4. The number of ether oxygens (including phenoxy) is 1. The van der Waals surface area contributed by atoms with Crippen LogP contribution in [0.2, 0.25) is 0 Å². The molecule has 2 fully saturated rings. The molecule has 0 saturated carbocycles. The maximum Gasteiger partial charge on any atom is 0.160 e. The van der Waals surface area contributed by atoms with E-state index in [0.717, 1.165) is 68.4 Å². The number of imidazole rings is 1. The molecule has 2 unspecified atom stereocenters. The molecule has 3 aromatic rings. The number of halogens is 1. The van der Waals surface area contributed by atoms with E-state index in [1.807, 2.05) is 30.5 Å². The van der Waals surface area contributed by atoms with Crippen LogP contribution in [-0.4, -0.2) is 64.9 Å². The van der Waals surface area contributed by atoms with Crippen molar-refractivity contribution in [1.82, 2.24) is 24.8 Å². The van der Waals surface area contributed by atoms with Crippen LogP contribution in [0, 0.1) is 11.7 Å². The van der Waals surface area contributed by atoms with Crippen molar-refractivity contribution in [3.05, 3.63) is 59.8 Å². The second-order valence-electron chi connectivity index (χ2n) is 9.08. The number of fused-ring (bicyclic) bond motifs is 1. The van der Waals surface area contributed by atoms with Crippen LogP contribution in [0.5, 0.6) is 0 Å². The van der Waals surface area contributed by atoms with E-state index in [-0.39, 0.29) is 5.82 Å². The Morgan fingerprint density at radius 3 is 2.81 bits per heavy atom. The lowest BCUT2D eigenvalue weighted by Gasteiger charge is -2.33. The number of hydrogen-bond donors (Lipinski definition) is 1. The summed E-state index contributed by atoms with van der Waals surface area (Å²) >= 11 is 0. The van der Waals surface area contributed by atoms with Gasteiger partial charge in [-0.15, -0.1) is 0 Å². The predicted octanol–water partition coefficient (Wildman–Crippen LogP) is 3.25. The lowest BCUT2D eigenvalue weighted by atomic mass is 9.88. The van der Waals surface area contributed by atoms with Crippen molar-refractivity contribution in [1.29, 1.82) is 0 Å². The summed E-state index contributed by atoms with van der Waals surface area (Å²) in [7, 11) is 0. The molecule has 2 aliphatic heterocycles. The van der Waals surface area contributed by atoms with E-state index < -0.39 is 0 Å². The van der Waals surface area contributed by atoms with Gasteiger partial charge in [0, 0.05) is 31.7 Å². The number of benzene rings is 1. The molecular formula is C25H32FN5O. The van der Waals surface area contributed by atoms with Crippen LogP contribution in [0.4, 0.5) is 4.39 Å². The largest absolute Gasteiger partial charge is 0.379 e. The lowest BCUT2D eigenvalue weighted by Crippen LogP contribution is -2.43. The van der Waals surface area contributed by atoms with Crippen molar-refractivity contribution in [2.24, 2.45) is 5.92 Å². The SMILES string of the molecule is Fc1ccc(Cn2c(CC3CCNC(CCN4CCOCC4)C3)nc3cccnc32)cc1. The fourth-order valence-electron chi connectivity index (χ4n) is 5.02. The van der Waals surface area contributed by atoms with E-state index in [1.54, 1.807) is 0 Å². The van der Waals surface area contributed by atoms with Crippen LogP contribution in [-0.2, 0) is 17.7 Å². The summed E-state index contributed by atoms with van der Waals surface area (Å²) in [5, 5.41) is 3.73. The van der Waals surface area contributed by atoms with Gasteiger partial charge in [0.1, 0.15) is 17.2 Å². The summed E-state index contributed by atoms with van der Waals surface area (Å²) in [5.41, 5.74) is 2.90. The highest BCUT2D eigenvalue weighted by Gasteiger charge is 2.25. The third-order valence-electron chi connectivity index (χ3n) is 6.81. The smallest absolute Gasteiger partial charge is 0.160 e. The van der Waals surface area contributed by atoms with Gasteiger partial charge < -0.3 is 14.6 Å². The predicted molar refractivity (Wildman–Crippen MR) is 123 cm³/mol. The molecular weight excluding hydrogens is 405 g/mol. The van der Waals surface area contributed by atoms with E-state index in [9.17, 15) is 4.39 Å². The Bertz CT molecular complexity index is 1010. The Hall–Kier alpha value is -2.35. The molecule has 0 amide bonds. The highest BCUT2D eigenvalue weighted by atomic mass is 19.1. The second-order valence-corrected chi connectivity index (χ2v) is 9.08. The highest BCUT2D eigenvalue weighted by molar-refractivity contribution is 5.71. The Labute approximate surface area is 188 Å². The zero-order chi connectivity index (χ0) is 21.8. The van der Waals surface area contributed by atoms with Gasteiger partial charge in [0.15, 0.2) is 5.65 Å². The summed E-state index contributed by atoms with van der Waals surface area (Å²) in [6, 6.07) is 11.3. The van der Waals surface area contributed by atoms with Gasteiger partial charge in [0.2, 0.25) is 0 Å². The van der Waals surface area contributed by atoms with Crippen molar-refractivity contribution < 1.29 is 9.13 Å². The van der Waals surface area contributed by atoms with E-state index in [1.165, 1.54) is 31.4 Å². The molecule has 0 bridgehead atoms. The number of aromatic nitrogens is 3. The van der Waals surface area contributed by atoms with Crippen LogP contribution in [0.25, 0.3) is 11.2 Å². The Morgan fingerprint density at radius 2 is 1.97 bits per heavy atom. The molecule has 2 aromatic heterocycles. The number of nitrogens with zero attached hydrogens (tertiary/aromatic N) is 4. The maximum atomic E-state index is 13.4. The molecule has 0 radical (unpaired) electrons. The van der Waals surface area contributed by atoms with Crippen molar-refractivity contribution in [2.45, 2.75) is 38.3 Å². The minimum atomic E-state index is -0.208. The minimum Gasteiger partial charge on any atom is -0.379 e. The summed E-state index contributed by atoms with van der Waals surface area (Å²) in [5.74, 6) is 1.48. The van der Waals surface area contributed by atoms with Gasteiger partial charge in [-0.3, -0.25) is 4.90 Å². The first-order valence-corrected chi connectivity index (χ1v) is 11.8. The van der Waals surface area contributed by atoms with Gasteiger partial charge in [-0.25, -0.2) is 14.4 Å². The first-order chi connectivity index (χ1) is 15.7. The van der Waals surface area contributed by atoms with Gasteiger partial charge in [0.05, 0.1) is 19.8 Å². The molecule has 5 rings (SSSR count). The molecule has 1 aromatic carbocycles. The van der Waals surface area contributed by atoms with E-state index in [2.05, 4.69) is 19.8 Å². The fraction of sp³-hybridized carbons (Fsp3) is 0.520. The van der Waals surface area contributed by atoms with Crippen LogP contribution in [0.3, 0.4) is 0 Å². The molecule has 2 aliphatic rings. The van der Waals surface area contributed by atoms with Crippen molar-refractivity contribution in [3.63, 3.8) is 0 Å². The second kappa shape index (κ2) is 10.1. The quantitative estimate of drug-likeness (QED) is 0.615. The molecule has 4 heterocycles. The van der Waals surface area contributed by atoms with E-state index in [4.69, 9.17) is 9.72 Å². The van der Waals surface area contributed by atoms with Gasteiger partial charge in [0.25, 0.3) is 0 Å². The van der Waals surface area contributed by atoms with Crippen molar-refractivity contribution in [2.75, 3.05) is 39.4 Å². The molecule has 0 spiro atoms. The Balaban J connectivity index is 1.28. The number of morpholine rings is 1. The summed E-state index contributed by atoms with van der Waals surface area (Å²) in [4.78, 5) is 12.1. The average Bonchev–Trinajstić information content (AvgIpc) is 3.17. The fourth-order valence-corrected chi connectivity index (χ4v) is 5.02. The third-order valence-corrected chi connectivity index (χ3v) is 6.81. The normalized spacial score (nSPS) is 22.4. The number of rotatable bonds is 7. The van der Waals surface area contributed by atoms with Gasteiger partial charge in [-0.1, -0.05) is 12.1 Å². The lowest BCUT2D eigenvalue weighted by molar-refractivity contribution is 0.0353. The zero-order valence-electron chi connectivity index (χ0n) is 18.5. The number of nitrogens with one attached hydrogen (secondary N) is 1. The summed E-state index contributed by atoms with van der Waals surface area (Å²) in [6.07, 6.45) is 6.30. The van der Waals surface area contributed by atoms with Crippen molar-refractivity contribution in [3.8, 4) is 0 Å². The van der Waals surface area contributed by atoms with E-state index in [0.29, 0.717) is 18.5 Å². The zero-order valence-corrected chi connectivity index (χ0v) is 18.5. The Kier molecular flexibility index (Phi) is 6.76. The molecule has 32 heavy (non-hydrogen) atoms. The van der Waals surface area contributed by atoms with E-state index >= 15 is 0 Å². The van der Waals surface area contributed by atoms with Crippen molar-refractivity contribution >= 4 is 11.2 Å². The first-order valence-electron chi connectivity index (χ1n) is 11.8. The van der Waals surface area contributed by atoms with Gasteiger partial charge in [-0.2, -0.15) is 0 Å². The summed E-state index contributed by atoms with van der Waals surface area (Å²) in [6.45, 7) is 6.69. The Morgan fingerprint density at radius 1 is 1.12 bits per heavy atom. The van der Waals surface area contributed by atoms with Crippen LogP contribution < -0.4 is 5.32 Å². The standard InChI is InChI=1S/C25H32FN5O/c26-21-5-3-19(4-6-21)18-31-24(29-23-2-1-9-28-25(23)31)17-20-7-10-27-22(16-20)8-11-30-12-14-32-15-13-30/h1-6,9,20,22,27H,7-8,10-18H2. The van der Waals surface area contributed by atoms with Crippen LogP contribution in [0.15, 0.2) is 42.6 Å². The number of pyridine rings is 1. The molecule has 2 atom stereocenters.